The van der Waals surface area contributed by atoms with Crippen LogP contribution in [0.4, 0.5) is 0 Å². The van der Waals surface area contributed by atoms with Gasteiger partial charge in [-0.15, -0.1) is 0 Å². The SMILES string of the molecule is C[C@@H]1NC(=O)C=C1N1CCC(N2C(=O)C=C(O)[C@@H]2C)C1. The fourth-order valence-electron chi connectivity index (χ4n) is 3.31. The molecule has 6 nitrogen and oxygen atoms in total. The van der Waals surface area contributed by atoms with Gasteiger partial charge in [0, 0.05) is 30.9 Å². The first kappa shape index (κ1) is 13.0. The first-order valence-electron chi connectivity index (χ1n) is 6.97. The Bertz CT molecular complexity index is 526. The molecule has 6 heteroatoms. The molecular weight excluding hydrogens is 258 g/mol. The summed E-state index contributed by atoms with van der Waals surface area (Å²) in [5.74, 6) is -0.0378. The number of carbonyl (C=O) groups excluding carboxylic acids is 2. The van der Waals surface area contributed by atoms with Crippen molar-refractivity contribution in [1.82, 2.24) is 15.1 Å². The highest BCUT2D eigenvalue weighted by molar-refractivity contribution is 5.92. The lowest BCUT2D eigenvalue weighted by Crippen LogP contribution is -2.44. The highest BCUT2D eigenvalue weighted by Crippen LogP contribution is 2.28. The van der Waals surface area contributed by atoms with Crippen LogP contribution < -0.4 is 5.32 Å². The molecule has 0 aromatic rings. The molecule has 0 saturated carbocycles. The van der Waals surface area contributed by atoms with E-state index in [1.165, 1.54) is 6.08 Å². The summed E-state index contributed by atoms with van der Waals surface area (Å²) in [5, 5.41) is 12.5. The van der Waals surface area contributed by atoms with E-state index in [4.69, 9.17) is 0 Å². The first-order chi connectivity index (χ1) is 9.47. The molecule has 20 heavy (non-hydrogen) atoms. The second kappa shape index (κ2) is 4.54. The molecule has 1 unspecified atom stereocenters. The van der Waals surface area contributed by atoms with Gasteiger partial charge in [-0.3, -0.25) is 9.59 Å². The van der Waals surface area contributed by atoms with Crippen molar-refractivity contribution in [2.75, 3.05) is 13.1 Å². The molecule has 3 aliphatic heterocycles. The van der Waals surface area contributed by atoms with Crippen LogP contribution in [-0.2, 0) is 9.59 Å². The summed E-state index contributed by atoms with van der Waals surface area (Å²) < 4.78 is 0. The largest absolute Gasteiger partial charge is 0.510 e. The summed E-state index contributed by atoms with van der Waals surface area (Å²) in [6.45, 7) is 5.33. The van der Waals surface area contributed by atoms with E-state index in [0.29, 0.717) is 6.54 Å². The number of nitrogens with one attached hydrogen (secondary N) is 1. The fourth-order valence-corrected chi connectivity index (χ4v) is 3.31. The van der Waals surface area contributed by atoms with Gasteiger partial charge >= 0.3 is 0 Å². The quantitative estimate of drug-likeness (QED) is 0.753. The van der Waals surface area contributed by atoms with E-state index in [9.17, 15) is 14.7 Å². The number of hydrogen-bond acceptors (Lipinski definition) is 4. The zero-order chi connectivity index (χ0) is 14.4. The topological polar surface area (TPSA) is 72.9 Å². The van der Waals surface area contributed by atoms with E-state index in [0.717, 1.165) is 18.7 Å². The van der Waals surface area contributed by atoms with E-state index in [1.54, 1.807) is 11.0 Å². The average molecular weight is 277 g/mol. The van der Waals surface area contributed by atoms with E-state index >= 15 is 0 Å². The van der Waals surface area contributed by atoms with Crippen molar-refractivity contribution in [1.29, 1.82) is 0 Å². The Morgan fingerprint density at radius 1 is 1.30 bits per heavy atom. The van der Waals surface area contributed by atoms with Gasteiger partial charge in [-0.05, 0) is 20.3 Å². The second-order valence-corrected chi connectivity index (χ2v) is 5.68. The van der Waals surface area contributed by atoms with Gasteiger partial charge in [0.1, 0.15) is 5.76 Å². The molecule has 3 heterocycles. The van der Waals surface area contributed by atoms with Crippen molar-refractivity contribution in [3.63, 3.8) is 0 Å². The van der Waals surface area contributed by atoms with Crippen LogP contribution in [0, 0.1) is 0 Å². The molecule has 0 bridgehead atoms. The molecule has 3 rings (SSSR count). The molecule has 0 aromatic carbocycles. The van der Waals surface area contributed by atoms with Gasteiger partial charge in [0.2, 0.25) is 5.91 Å². The van der Waals surface area contributed by atoms with Crippen LogP contribution in [0.2, 0.25) is 0 Å². The summed E-state index contributed by atoms with van der Waals surface area (Å²) in [4.78, 5) is 27.2. The number of nitrogens with zero attached hydrogens (tertiary/aromatic N) is 2. The molecular formula is C14H19N3O3. The zero-order valence-electron chi connectivity index (χ0n) is 11.7. The number of aliphatic hydroxyl groups excluding tert-OH is 1. The molecule has 2 N–H and O–H groups in total. The van der Waals surface area contributed by atoms with E-state index in [1.807, 2.05) is 13.8 Å². The molecule has 108 valence electrons. The summed E-state index contributed by atoms with van der Waals surface area (Å²) in [5.41, 5.74) is 0.994. The van der Waals surface area contributed by atoms with Crippen LogP contribution in [0.5, 0.6) is 0 Å². The maximum absolute atomic E-state index is 11.9. The molecule has 0 aromatic heterocycles. The monoisotopic (exact) mass is 277 g/mol. The Morgan fingerprint density at radius 2 is 2.05 bits per heavy atom. The molecule has 0 spiro atoms. The van der Waals surface area contributed by atoms with E-state index < -0.39 is 0 Å². The minimum atomic E-state index is -0.248. The lowest BCUT2D eigenvalue weighted by atomic mass is 10.2. The third kappa shape index (κ3) is 1.95. The van der Waals surface area contributed by atoms with Crippen LogP contribution in [0.15, 0.2) is 23.6 Å². The lowest BCUT2D eigenvalue weighted by molar-refractivity contribution is -0.128. The maximum Gasteiger partial charge on any atom is 0.250 e. The number of amides is 2. The van der Waals surface area contributed by atoms with Crippen LogP contribution in [0.1, 0.15) is 20.3 Å². The summed E-state index contributed by atoms with van der Waals surface area (Å²) in [6.07, 6.45) is 3.79. The Hall–Kier alpha value is -1.98. The predicted molar refractivity (Wildman–Crippen MR) is 72.7 cm³/mol. The van der Waals surface area contributed by atoms with Gasteiger partial charge in [-0.25, -0.2) is 0 Å². The summed E-state index contributed by atoms with van der Waals surface area (Å²) in [7, 11) is 0. The standard InChI is InChI=1S/C14H19N3O3/c1-8-11(5-13(19)15-8)16-4-3-10(7-16)17-9(2)12(18)6-14(17)20/h5-6,8-10,18H,3-4,7H2,1-2H3,(H,15,19)/t8-,9-,10?/m0/s1. The van der Waals surface area contributed by atoms with Crippen LogP contribution >= 0.6 is 0 Å². The van der Waals surface area contributed by atoms with Crippen LogP contribution in [0.25, 0.3) is 0 Å². The number of likely N-dealkylation sites (tertiary alicyclic amines) is 1. The molecule has 3 atom stereocenters. The molecule has 3 aliphatic rings. The van der Waals surface area contributed by atoms with Crippen molar-refractivity contribution in [2.45, 2.75) is 38.4 Å². The second-order valence-electron chi connectivity index (χ2n) is 5.68. The van der Waals surface area contributed by atoms with Crippen molar-refractivity contribution in [2.24, 2.45) is 0 Å². The first-order valence-corrected chi connectivity index (χ1v) is 6.97. The van der Waals surface area contributed by atoms with Crippen molar-refractivity contribution >= 4 is 11.8 Å². The molecule has 0 aliphatic carbocycles. The summed E-state index contributed by atoms with van der Waals surface area (Å²) >= 11 is 0. The Morgan fingerprint density at radius 3 is 2.60 bits per heavy atom. The van der Waals surface area contributed by atoms with Crippen LogP contribution in [0.3, 0.4) is 0 Å². The highest BCUT2D eigenvalue weighted by atomic mass is 16.3. The average Bonchev–Trinajstić information content (AvgIpc) is 3.01. The van der Waals surface area contributed by atoms with E-state index in [2.05, 4.69) is 10.2 Å². The van der Waals surface area contributed by atoms with Crippen molar-refractivity contribution in [3.8, 4) is 0 Å². The number of aliphatic hydroxyl groups is 1. The van der Waals surface area contributed by atoms with Gasteiger partial charge in [-0.2, -0.15) is 0 Å². The third-order valence-electron chi connectivity index (χ3n) is 4.37. The third-order valence-corrected chi connectivity index (χ3v) is 4.37. The number of rotatable bonds is 2. The fraction of sp³-hybridized carbons (Fsp3) is 0.571. The van der Waals surface area contributed by atoms with Gasteiger partial charge in [0.15, 0.2) is 0 Å². The van der Waals surface area contributed by atoms with Gasteiger partial charge in [-0.1, -0.05) is 0 Å². The zero-order valence-corrected chi connectivity index (χ0v) is 11.7. The Kier molecular flexibility index (Phi) is 2.96. The molecule has 2 amide bonds. The number of hydrogen-bond donors (Lipinski definition) is 2. The van der Waals surface area contributed by atoms with Gasteiger partial charge in [0.25, 0.3) is 5.91 Å². The van der Waals surface area contributed by atoms with E-state index in [-0.39, 0.29) is 35.7 Å². The van der Waals surface area contributed by atoms with Crippen LogP contribution in [-0.4, -0.2) is 57.9 Å². The number of carbonyl (C=O) groups is 2. The van der Waals surface area contributed by atoms with Crippen molar-refractivity contribution in [3.05, 3.63) is 23.6 Å². The van der Waals surface area contributed by atoms with Gasteiger partial charge < -0.3 is 20.2 Å². The summed E-state index contributed by atoms with van der Waals surface area (Å²) in [6, 6.07) is -0.135. The van der Waals surface area contributed by atoms with Crippen molar-refractivity contribution < 1.29 is 14.7 Å². The predicted octanol–water partition coefficient (Wildman–Crippen LogP) is 0.135. The molecule has 1 saturated heterocycles. The smallest absolute Gasteiger partial charge is 0.250 e. The minimum absolute atomic E-state index is 0.0273. The Labute approximate surface area is 117 Å². The highest BCUT2D eigenvalue weighted by Gasteiger charge is 2.39. The normalized spacial score (nSPS) is 33.6. The Balaban J connectivity index is 1.70. The minimum Gasteiger partial charge on any atom is -0.510 e. The maximum atomic E-state index is 11.9. The lowest BCUT2D eigenvalue weighted by Gasteiger charge is -2.30. The molecule has 0 radical (unpaired) electrons. The molecule has 1 fully saturated rings. The van der Waals surface area contributed by atoms with Gasteiger partial charge in [0.05, 0.1) is 18.1 Å².